The fourth-order valence-corrected chi connectivity index (χ4v) is 1.42. The molecule has 0 bridgehead atoms. The largest absolute Gasteiger partial charge is 0.354 e. The maximum atomic E-state index is 12.7. The van der Waals surface area contributed by atoms with Crippen LogP contribution in [0.1, 0.15) is 37.0 Å². The lowest BCUT2D eigenvalue weighted by atomic mass is 10.1. The molecule has 0 unspecified atom stereocenters. The van der Waals surface area contributed by atoms with E-state index in [4.69, 9.17) is 5.73 Å². The van der Waals surface area contributed by atoms with Crippen molar-refractivity contribution in [2.24, 2.45) is 5.73 Å². The van der Waals surface area contributed by atoms with Crippen molar-refractivity contribution >= 4 is 11.7 Å². The predicted molar refractivity (Wildman–Crippen MR) is 71.2 cm³/mol. The first kappa shape index (κ1) is 15.3. The van der Waals surface area contributed by atoms with Crippen molar-refractivity contribution in [2.45, 2.75) is 32.2 Å². The van der Waals surface area contributed by atoms with Crippen molar-refractivity contribution in [3.8, 4) is 0 Å². The first-order chi connectivity index (χ1) is 8.78. The Labute approximate surface area is 112 Å². The zero-order valence-corrected chi connectivity index (χ0v) is 11.2. The van der Waals surface area contributed by atoms with E-state index in [1.54, 1.807) is 13.8 Å². The lowest BCUT2D eigenvalue weighted by molar-refractivity contribution is -0.121. The summed E-state index contributed by atoms with van der Waals surface area (Å²) in [6.45, 7) is 3.96. The molecule has 0 heterocycles. The lowest BCUT2D eigenvalue weighted by Crippen LogP contribution is -2.45. The van der Waals surface area contributed by atoms with Crippen molar-refractivity contribution in [2.75, 3.05) is 6.54 Å². The Morgan fingerprint density at radius 2 is 1.79 bits per heavy atom. The van der Waals surface area contributed by atoms with E-state index in [-0.39, 0.29) is 30.3 Å². The van der Waals surface area contributed by atoms with E-state index in [1.165, 1.54) is 24.3 Å². The molecule has 5 heteroatoms. The highest BCUT2D eigenvalue weighted by atomic mass is 19.1. The molecule has 1 aromatic carbocycles. The molecule has 1 rings (SSSR count). The van der Waals surface area contributed by atoms with Gasteiger partial charge in [0.05, 0.1) is 0 Å². The second kappa shape index (κ2) is 6.43. The summed E-state index contributed by atoms with van der Waals surface area (Å²) in [5.41, 5.74) is 5.66. The Morgan fingerprint density at radius 1 is 1.21 bits per heavy atom. The van der Waals surface area contributed by atoms with E-state index < -0.39 is 5.54 Å². The minimum absolute atomic E-state index is 0.0997. The number of carbonyl (C=O) groups is 2. The standard InChI is InChI=1S/C14H19FN2O2/c1-14(2,16)9-17-13(19)8-7-12(18)10-3-5-11(15)6-4-10/h3-6H,7-9,16H2,1-2H3,(H,17,19). The molecule has 3 N–H and O–H groups in total. The van der Waals surface area contributed by atoms with Crippen LogP contribution in [0.2, 0.25) is 0 Å². The molecule has 0 fully saturated rings. The number of amides is 1. The van der Waals surface area contributed by atoms with Crippen LogP contribution in [0.25, 0.3) is 0 Å². The van der Waals surface area contributed by atoms with Crippen LogP contribution in [0.15, 0.2) is 24.3 Å². The molecule has 0 radical (unpaired) electrons. The van der Waals surface area contributed by atoms with Gasteiger partial charge in [0.2, 0.25) is 5.91 Å². The molecule has 0 aromatic heterocycles. The van der Waals surface area contributed by atoms with Gasteiger partial charge in [-0.3, -0.25) is 9.59 Å². The maximum Gasteiger partial charge on any atom is 0.220 e. The van der Waals surface area contributed by atoms with Crippen LogP contribution in [0.4, 0.5) is 4.39 Å². The summed E-state index contributed by atoms with van der Waals surface area (Å²) in [5.74, 6) is -0.782. The number of carbonyl (C=O) groups excluding carboxylic acids is 2. The van der Waals surface area contributed by atoms with Crippen LogP contribution in [0, 0.1) is 5.82 Å². The molecule has 4 nitrogen and oxygen atoms in total. The quantitative estimate of drug-likeness (QED) is 0.769. The zero-order chi connectivity index (χ0) is 14.5. The third-order valence-corrected chi connectivity index (χ3v) is 2.49. The van der Waals surface area contributed by atoms with E-state index in [1.807, 2.05) is 0 Å². The number of rotatable bonds is 6. The summed E-state index contributed by atoms with van der Waals surface area (Å²) in [5, 5.41) is 2.66. The highest BCUT2D eigenvalue weighted by molar-refractivity contribution is 5.97. The number of hydrogen-bond donors (Lipinski definition) is 2. The Balaban J connectivity index is 2.38. The molecule has 0 spiro atoms. The number of benzene rings is 1. The molecule has 104 valence electrons. The summed E-state index contributed by atoms with van der Waals surface area (Å²) in [4.78, 5) is 23.2. The molecular weight excluding hydrogens is 247 g/mol. The van der Waals surface area contributed by atoms with Crippen LogP contribution >= 0.6 is 0 Å². The van der Waals surface area contributed by atoms with E-state index >= 15 is 0 Å². The van der Waals surface area contributed by atoms with Crippen molar-refractivity contribution < 1.29 is 14.0 Å². The number of nitrogens with two attached hydrogens (primary N) is 1. The van der Waals surface area contributed by atoms with Gasteiger partial charge in [0.15, 0.2) is 5.78 Å². The van der Waals surface area contributed by atoms with Gasteiger partial charge in [0, 0.05) is 30.5 Å². The maximum absolute atomic E-state index is 12.7. The van der Waals surface area contributed by atoms with E-state index in [0.29, 0.717) is 12.1 Å². The van der Waals surface area contributed by atoms with Gasteiger partial charge in [-0.15, -0.1) is 0 Å². The van der Waals surface area contributed by atoms with Gasteiger partial charge < -0.3 is 11.1 Å². The Bertz CT molecular complexity index is 450. The third-order valence-electron chi connectivity index (χ3n) is 2.49. The monoisotopic (exact) mass is 266 g/mol. The molecule has 1 aromatic rings. The van der Waals surface area contributed by atoms with Gasteiger partial charge >= 0.3 is 0 Å². The lowest BCUT2D eigenvalue weighted by Gasteiger charge is -2.18. The van der Waals surface area contributed by atoms with Crippen LogP contribution in [0.5, 0.6) is 0 Å². The minimum Gasteiger partial charge on any atom is -0.354 e. The first-order valence-corrected chi connectivity index (χ1v) is 6.12. The second-order valence-electron chi connectivity index (χ2n) is 5.20. The molecule has 0 aliphatic carbocycles. The first-order valence-electron chi connectivity index (χ1n) is 6.12. The molecule has 1 amide bonds. The summed E-state index contributed by atoms with van der Waals surface area (Å²) < 4.78 is 12.7. The summed E-state index contributed by atoms with van der Waals surface area (Å²) >= 11 is 0. The average Bonchev–Trinajstić information content (AvgIpc) is 2.33. The SMILES string of the molecule is CC(C)(N)CNC(=O)CCC(=O)c1ccc(F)cc1. The fourth-order valence-electron chi connectivity index (χ4n) is 1.42. The number of Topliss-reactive ketones (excluding diaryl/α,β-unsaturated/α-hetero) is 1. The van der Waals surface area contributed by atoms with E-state index in [9.17, 15) is 14.0 Å². The van der Waals surface area contributed by atoms with Gasteiger partial charge in [-0.25, -0.2) is 4.39 Å². The Kier molecular flexibility index (Phi) is 5.18. The molecular formula is C14H19FN2O2. The minimum atomic E-state index is -0.476. The summed E-state index contributed by atoms with van der Waals surface area (Å²) in [7, 11) is 0. The highest BCUT2D eigenvalue weighted by Gasteiger charge is 2.13. The molecule has 0 saturated carbocycles. The van der Waals surface area contributed by atoms with Crippen molar-refractivity contribution in [3.05, 3.63) is 35.6 Å². The van der Waals surface area contributed by atoms with Gasteiger partial charge in [0.25, 0.3) is 0 Å². The fraction of sp³-hybridized carbons (Fsp3) is 0.429. The molecule has 19 heavy (non-hydrogen) atoms. The van der Waals surface area contributed by atoms with Crippen molar-refractivity contribution in [1.82, 2.24) is 5.32 Å². The molecule has 0 saturated heterocycles. The number of halogens is 1. The molecule has 0 atom stereocenters. The number of hydrogen-bond acceptors (Lipinski definition) is 3. The number of nitrogens with one attached hydrogen (secondary N) is 1. The van der Waals surface area contributed by atoms with Gasteiger partial charge in [-0.1, -0.05) is 0 Å². The van der Waals surface area contributed by atoms with Crippen LogP contribution in [-0.4, -0.2) is 23.8 Å². The van der Waals surface area contributed by atoms with Gasteiger partial charge in [-0.2, -0.15) is 0 Å². The van der Waals surface area contributed by atoms with Gasteiger partial charge in [0.1, 0.15) is 5.82 Å². The smallest absolute Gasteiger partial charge is 0.220 e. The normalized spacial score (nSPS) is 11.2. The van der Waals surface area contributed by atoms with Crippen molar-refractivity contribution in [3.63, 3.8) is 0 Å². The predicted octanol–water partition coefficient (Wildman–Crippen LogP) is 1.64. The topological polar surface area (TPSA) is 72.2 Å². The Morgan fingerprint density at radius 3 is 2.32 bits per heavy atom. The Hall–Kier alpha value is -1.75. The van der Waals surface area contributed by atoms with Gasteiger partial charge in [-0.05, 0) is 38.1 Å². The molecule has 0 aliphatic heterocycles. The third kappa shape index (κ3) is 6.10. The van der Waals surface area contributed by atoms with Crippen LogP contribution in [-0.2, 0) is 4.79 Å². The highest BCUT2D eigenvalue weighted by Crippen LogP contribution is 2.07. The van der Waals surface area contributed by atoms with Crippen LogP contribution in [0.3, 0.4) is 0 Å². The summed E-state index contributed by atoms with van der Waals surface area (Å²) in [6, 6.07) is 5.28. The number of ketones is 1. The molecule has 0 aliphatic rings. The zero-order valence-electron chi connectivity index (χ0n) is 11.2. The van der Waals surface area contributed by atoms with E-state index in [0.717, 1.165) is 0 Å². The van der Waals surface area contributed by atoms with E-state index in [2.05, 4.69) is 5.32 Å². The second-order valence-corrected chi connectivity index (χ2v) is 5.20. The summed E-state index contributed by atoms with van der Waals surface area (Å²) in [6.07, 6.45) is 0.203. The average molecular weight is 266 g/mol. The van der Waals surface area contributed by atoms with Crippen LogP contribution < -0.4 is 11.1 Å². The van der Waals surface area contributed by atoms with Crippen molar-refractivity contribution in [1.29, 1.82) is 0 Å².